The Labute approximate surface area is 154 Å². The van der Waals surface area contributed by atoms with Gasteiger partial charge in [-0.15, -0.1) is 0 Å². The molecule has 2 aromatic carbocycles. The van der Waals surface area contributed by atoms with E-state index in [2.05, 4.69) is 71.2 Å². The van der Waals surface area contributed by atoms with Gasteiger partial charge in [-0.05, 0) is 36.2 Å². The highest BCUT2D eigenvalue weighted by atomic mass is 16.5. The molecule has 1 saturated heterocycles. The van der Waals surface area contributed by atoms with Gasteiger partial charge in [-0.25, -0.2) is 0 Å². The number of methoxy groups -OCH3 is 1. The lowest BCUT2D eigenvalue weighted by molar-refractivity contribution is 0.114. The van der Waals surface area contributed by atoms with Crippen molar-refractivity contribution >= 4 is 5.69 Å². The Balaban J connectivity index is 1.64. The van der Waals surface area contributed by atoms with Crippen LogP contribution in [0.2, 0.25) is 0 Å². The quantitative estimate of drug-likeness (QED) is 0.675. The van der Waals surface area contributed by atoms with Crippen molar-refractivity contribution in [1.82, 2.24) is 4.57 Å². The number of ether oxygens (including phenoxy) is 2. The van der Waals surface area contributed by atoms with Crippen molar-refractivity contribution < 1.29 is 9.47 Å². The van der Waals surface area contributed by atoms with Crippen LogP contribution in [0.1, 0.15) is 24.3 Å². The zero-order chi connectivity index (χ0) is 17.9. The Morgan fingerprint density at radius 2 is 2.00 bits per heavy atom. The molecule has 4 nitrogen and oxygen atoms in total. The van der Waals surface area contributed by atoms with E-state index in [9.17, 15) is 0 Å². The molecule has 1 aliphatic heterocycles. The Morgan fingerprint density at radius 3 is 2.85 bits per heavy atom. The molecule has 26 heavy (non-hydrogen) atoms. The molecule has 3 aromatic rings. The smallest absolute Gasteiger partial charge is 0.158 e. The number of hydrogen-bond donors (Lipinski definition) is 0. The van der Waals surface area contributed by atoms with E-state index in [4.69, 9.17) is 9.47 Å². The predicted molar refractivity (Wildman–Crippen MR) is 104 cm³/mol. The average molecular weight is 348 g/mol. The summed E-state index contributed by atoms with van der Waals surface area (Å²) in [5.41, 5.74) is 4.85. The Kier molecular flexibility index (Phi) is 4.67. The van der Waals surface area contributed by atoms with Gasteiger partial charge in [0.05, 0.1) is 13.7 Å². The summed E-state index contributed by atoms with van der Waals surface area (Å²) in [6.07, 6.45) is 5.24. The average Bonchev–Trinajstić information content (AvgIpc) is 3.37. The van der Waals surface area contributed by atoms with E-state index in [1.54, 1.807) is 7.11 Å². The monoisotopic (exact) mass is 348 g/mol. The maximum atomic E-state index is 6.06. The number of rotatable bonds is 5. The second-order valence-electron chi connectivity index (χ2n) is 6.45. The standard InChI is InChI=1S/C22H24N2O2/c1-3-17-7-4-5-10-21(17)23-12-11-18(16-23)22-24(13-14-26-22)19-8-6-9-20(15-19)25-2/h4-12,15-16,22H,3,13-14H2,1-2H3. The fourth-order valence-corrected chi connectivity index (χ4v) is 3.57. The van der Waals surface area contributed by atoms with Gasteiger partial charge in [0.25, 0.3) is 0 Å². The van der Waals surface area contributed by atoms with Crippen molar-refractivity contribution in [3.63, 3.8) is 0 Å². The molecule has 0 amide bonds. The fourth-order valence-electron chi connectivity index (χ4n) is 3.57. The van der Waals surface area contributed by atoms with Crippen molar-refractivity contribution in [1.29, 1.82) is 0 Å². The van der Waals surface area contributed by atoms with E-state index < -0.39 is 0 Å². The Bertz CT molecular complexity index is 887. The van der Waals surface area contributed by atoms with Gasteiger partial charge < -0.3 is 18.9 Å². The summed E-state index contributed by atoms with van der Waals surface area (Å²) in [6.45, 7) is 3.78. The van der Waals surface area contributed by atoms with E-state index in [1.807, 2.05) is 12.1 Å². The highest BCUT2D eigenvalue weighted by Gasteiger charge is 2.28. The van der Waals surface area contributed by atoms with Gasteiger partial charge in [0.15, 0.2) is 6.23 Å². The molecule has 4 rings (SSSR count). The molecule has 1 aliphatic rings. The van der Waals surface area contributed by atoms with E-state index >= 15 is 0 Å². The Hall–Kier alpha value is -2.72. The molecule has 1 atom stereocenters. The molecule has 134 valence electrons. The number of benzene rings is 2. The van der Waals surface area contributed by atoms with E-state index in [0.717, 1.165) is 36.6 Å². The summed E-state index contributed by atoms with van der Waals surface area (Å²) in [5.74, 6) is 0.864. The molecule has 0 aliphatic carbocycles. The molecule has 1 fully saturated rings. The number of anilines is 1. The molecule has 0 radical (unpaired) electrons. The predicted octanol–water partition coefficient (Wildman–Crippen LogP) is 4.58. The number of para-hydroxylation sites is 1. The minimum Gasteiger partial charge on any atom is -0.497 e. The summed E-state index contributed by atoms with van der Waals surface area (Å²) in [4.78, 5) is 2.29. The SMILES string of the molecule is CCc1ccccc1-n1ccc(C2OCCN2c2cccc(OC)c2)c1. The van der Waals surface area contributed by atoms with E-state index in [1.165, 1.54) is 11.3 Å². The third kappa shape index (κ3) is 3.08. The highest BCUT2D eigenvalue weighted by molar-refractivity contribution is 5.53. The third-order valence-electron chi connectivity index (χ3n) is 4.93. The fraction of sp³-hybridized carbons (Fsp3) is 0.273. The molecular weight excluding hydrogens is 324 g/mol. The topological polar surface area (TPSA) is 26.6 Å². The van der Waals surface area contributed by atoms with Gasteiger partial charge in [0, 0.05) is 41.9 Å². The van der Waals surface area contributed by atoms with Crippen molar-refractivity contribution in [2.24, 2.45) is 0 Å². The van der Waals surface area contributed by atoms with Crippen LogP contribution in [0.15, 0.2) is 67.0 Å². The molecule has 1 unspecified atom stereocenters. The summed E-state index contributed by atoms with van der Waals surface area (Å²) in [6, 6.07) is 18.8. The highest BCUT2D eigenvalue weighted by Crippen LogP contribution is 2.34. The van der Waals surface area contributed by atoms with Crippen LogP contribution in [-0.4, -0.2) is 24.8 Å². The van der Waals surface area contributed by atoms with Crippen LogP contribution in [0, 0.1) is 0 Å². The summed E-state index contributed by atoms with van der Waals surface area (Å²) in [5, 5.41) is 0. The van der Waals surface area contributed by atoms with Gasteiger partial charge in [-0.3, -0.25) is 0 Å². The van der Waals surface area contributed by atoms with E-state index in [0.29, 0.717) is 0 Å². The maximum Gasteiger partial charge on any atom is 0.158 e. The zero-order valence-electron chi connectivity index (χ0n) is 15.3. The summed E-state index contributed by atoms with van der Waals surface area (Å²) >= 11 is 0. The van der Waals surface area contributed by atoms with Crippen molar-refractivity contribution in [3.8, 4) is 11.4 Å². The lowest BCUT2D eigenvalue weighted by Gasteiger charge is -2.25. The first kappa shape index (κ1) is 16.7. The number of hydrogen-bond acceptors (Lipinski definition) is 3. The van der Waals surface area contributed by atoms with Crippen molar-refractivity contribution in [3.05, 3.63) is 78.1 Å². The van der Waals surface area contributed by atoms with Gasteiger partial charge >= 0.3 is 0 Å². The van der Waals surface area contributed by atoms with Crippen LogP contribution in [0.25, 0.3) is 5.69 Å². The first-order valence-electron chi connectivity index (χ1n) is 9.08. The normalized spacial score (nSPS) is 16.8. The van der Waals surface area contributed by atoms with Gasteiger partial charge in [0.1, 0.15) is 5.75 Å². The minimum absolute atomic E-state index is 0.0721. The molecule has 0 saturated carbocycles. The second-order valence-corrected chi connectivity index (χ2v) is 6.45. The van der Waals surface area contributed by atoms with Gasteiger partial charge in [-0.1, -0.05) is 31.2 Å². The molecule has 0 spiro atoms. The number of aryl methyl sites for hydroxylation is 1. The summed E-state index contributed by atoms with van der Waals surface area (Å²) in [7, 11) is 1.70. The van der Waals surface area contributed by atoms with Crippen LogP contribution in [0.5, 0.6) is 5.75 Å². The largest absolute Gasteiger partial charge is 0.497 e. The molecule has 0 bridgehead atoms. The van der Waals surface area contributed by atoms with Gasteiger partial charge in [0.2, 0.25) is 0 Å². The lowest BCUT2D eigenvalue weighted by atomic mass is 10.1. The van der Waals surface area contributed by atoms with E-state index in [-0.39, 0.29) is 6.23 Å². The van der Waals surface area contributed by atoms with Crippen LogP contribution < -0.4 is 9.64 Å². The summed E-state index contributed by atoms with van der Waals surface area (Å²) < 4.78 is 13.6. The van der Waals surface area contributed by atoms with Crippen LogP contribution >= 0.6 is 0 Å². The van der Waals surface area contributed by atoms with Gasteiger partial charge in [-0.2, -0.15) is 0 Å². The molecule has 4 heteroatoms. The number of nitrogens with zero attached hydrogens (tertiary/aromatic N) is 2. The minimum atomic E-state index is -0.0721. The van der Waals surface area contributed by atoms with Crippen molar-refractivity contribution in [2.45, 2.75) is 19.6 Å². The maximum absolute atomic E-state index is 6.06. The molecule has 2 heterocycles. The number of aromatic nitrogens is 1. The Morgan fingerprint density at radius 1 is 1.12 bits per heavy atom. The first-order chi connectivity index (χ1) is 12.8. The first-order valence-corrected chi connectivity index (χ1v) is 9.08. The zero-order valence-corrected chi connectivity index (χ0v) is 15.3. The molecule has 1 aromatic heterocycles. The molecule has 0 N–H and O–H groups in total. The molecular formula is C22H24N2O2. The third-order valence-corrected chi connectivity index (χ3v) is 4.93. The van der Waals surface area contributed by atoms with Crippen molar-refractivity contribution in [2.75, 3.05) is 25.2 Å². The lowest BCUT2D eigenvalue weighted by Crippen LogP contribution is -2.23. The second kappa shape index (κ2) is 7.26. The van der Waals surface area contributed by atoms with Crippen LogP contribution in [0.3, 0.4) is 0 Å². The van der Waals surface area contributed by atoms with Crippen LogP contribution in [0.4, 0.5) is 5.69 Å². The van der Waals surface area contributed by atoms with Crippen LogP contribution in [-0.2, 0) is 11.2 Å².